The molecule has 5 nitrogen and oxygen atoms in total. The van der Waals surface area contributed by atoms with E-state index >= 15 is 4.39 Å². The van der Waals surface area contributed by atoms with Crippen molar-refractivity contribution in [3.63, 3.8) is 0 Å². The minimum absolute atomic E-state index is 0.00174. The number of hydrogen-bond acceptors (Lipinski definition) is 4. The second-order valence-corrected chi connectivity index (χ2v) is 9.64. The lowest BCUT2D eigenvalue weighted by Crippen LogP contribution is -2.41. The number of rotatable bonds is 8. The van der Waals surface area contributed by atoms with Gasteiger partial charge in [-0.3, -0.25) is 14.7 Å². The van der Waals surface area contributed by atoms with E-state index in [1.54, 1.807) is 18.2 Å². The van der Waals surface area contributed by atoms with Crippen LogP contribution in [0.1, 0.15) is 43.0 Å². The molecule has 2 aromatic carbocycles. The number of ether oxygens (including phenoxy) is 1. The van der Waals surface area contributed by atoms with E-state index in [4.69, 9.17) is 4.74 Å². The van der Waals surface area contributed by atoms with Crippen molar-refractivity contribution in [2.45, 2.75) is 31.9 Å². The number of fused-ring (bicyclic) bond motifs is 1. The van der Waals surface area contributed by atoms with Crippen molar-refractivity contribution in [2.75, 3.05) is 26.7 Å². The first-order valence-corrected chi connectivity index (χ1v) is 12.5. The van der Waals surface area contributed by atoms with Crippen molar-refractivity contribution in [3.8, 4) is 17.6 Å². The lowest BCUT2D eigenvalue weighted by Gasteiger charge is -2.37. The molecular weight excluding hydrogens is 519 g/mol. The van der Waals surface area contributed by atoms with Crippen molar-refractivity contribution in [1.82, 2.24) is 9.88 Å². The highest BCUT2D eigenvalue weighted by molar-refractivity contribution is 5.84. The highest BCUT2D eigenvalue weighted by atomic mass is 19.2. The molecule has 0 bridgehead atoms. The quantitative estimate of drug-likeness (QED) is 0.212. The fraction of sp³-hybridized carbons (Fsp3) is 0.379. The monoisotopic (exact) mass is 546 g/mol. The Bertz CT molecular complexity index is 1420. The number of aliphatic carboxylic acids is 1. The van der Waals surface area contributed by atoms with Crippen LogP contribution < -0.4 is 4.74 Å². The molecule has 206 valence electrons. The summed E-state index contributed by atoms with van der Waals surface area (Å²) in [5.41, 5.74) is -0.0526. The maximum absolute atomic E-state index is 15.5. The average molecular weight is 547 g/mol. The van der Waals surface area contributed by atoms with E-state index in [-0.39, 0.29) is 36.8 Å². The molecule has 1 aliphatic heterocycles. The molecule has 0 aliphatic carbocycles. The van der Waals surface area contributed by atoms with Gasteiger partial charge in [0.15, 0.2) is 11.6 Å². The molecule has 3 aromatic rings. The third kappa shape index (κ3) is 6.84. The Morgan fingerprint density at radius 3 is 2.72 bits per heavy atom. The smallest absolute Gasteiger partial charge is 0.303 e. The van der Waals surface area contributed by atoms with Crippen LogP contribution in [-0.2, 0) is 4.79 Å². The Morgan fingerprint density at radius 2 is 1.97 bits per heavy atom. The Morgan fingerprint density at radius 1 is 1.18 bits per heavy atom. The summed E-state index contributed by atoms with van der Waals surface area (Å²) in [6, 6.07) is 6.08. The molecule has 2 heterocycles. The molecule has 0 amide bonds. The van der Waals surface area contributed by atoms with Gasteiger partial charge >= 0.3 is 5.97 Å². The van der Waals surface area contributed by atoms with Crippen LogP contribution in [0.25, 0.3) is 10.9 Å². The summed E-state index contributed by atoms with van der Waals surface area (Å²) in [7, 11) is 1.46. The summed E-state index contributed by atoms with van der Waals surface area (Å²) in [4.78, 5) is 17.4. The van der Waals surface area contributed by atoms with Gasteiger partial charge in [-0.15, -0.1) is 0 Å². The number of carbonyl (C=O) groups is 1. The van der Waals surface area contributed by atoms with E-state index in [2.05, 4.69) is 16.8 Å². The van der Waals surface area contributed by atoms with E-state index in [9.17, 15) is 27.5 Å². The van der Waals surface area contributed by atoms with Crippen LogP contribution in [0.5, 0.6) is 5.75 Å². The van der Waals surface area contributed by atoms with Crippen LogP contribution in [0.3, 0.4) is 0 Å². The second-order valence-electron chi connectivity index (χ2n) is 9.64. The molecule has 1 aliphatic rings. The Hall–Kier alpha value is -3.71. The van der Waals surface area contributed by atoms with Gasteiger partial charge in [0.2, 0.25) is 0 Å². The number of aromatic nitrogens is 1. The lowest BCUT2D eigenvalue weighted by molar-refractivity contribution is -0.139. The normalized spacial score (nSPS) is 18.4. The number of pyridine rings is 1. The SMILES string of the molecule is COc1ccc2ncc(F)c([C@H](F)CCC3CCN(CC#Cc4cc(F)cc(F)c4F)CC3CC(=O)O)c2c1. The first-order valence-electron chi connectivity index (χ1n) is 12.5. The summed E-state index contributed by atoms with van der Waals surface area (Å²) in [5.74, 6) is -0.104. The van der Waals surface area contributed by atoms with Crippen LogP contribution in [0.4, 0.5) is 22.0 Å². The number of methoxy groups -OCH3 is 1. The zero-order valence-corrected chi connectivity index (χ0v) is 21.2. The number of nitrogens with zero attached hydrogens (tertiary/aromatic N) is 2. The number of carboxylic acids is 1. The molecule has 1 aromatic heterocycles. The topological polar surface area (TPSA) is 62.7 Å². The van der Waals surface area contributed by atoms with E-state index in [1.165, 1.54) is 7.11 Å². The second kappa shape index (κ2) is 12.4. The zero-order valence-electron chi connectivity index (χ0n) is 21.2. The molecule has 10 heteroatoms. The summed E-state index contributed by atoms with van der Waals surface area (Å²) in [6.07, 6.45) is 0.131. The fourth-order valence-electron chi connectivity index (χ4n) is 5.15. The minimum Gasteiger partial charge on any atom is -0.497 e. The van der Waals surface area contributed by atoms with Crippen molar-refractivity contribution < 1.29 is 36.6 Å². The molecule has 1 fully saturated rings. The molecule has 0 spiro atoms. The van der Waals surface area contributed by atoms with Gasteiger partial charge in [0, 0.05) is 30.0 Å². The summed E-state index contributed by atoms with van der Waals surface area (Å²) < 4.78 is 75.9. The van der Waals surface area contributed by atoms with Crippen molar-refractivity contribution >= 4 is 16.9 Å². The van der Waals surface area contributed by atoms with E-state index < -0.39 is 41.0 Å². The van der Waals surface area contributed by atoms with Crippen LogP contribution in [0.15, 0.2) is 36.5 Å². The molecule has 0 radical (unpaired) electrons. The maximum Gasteiger partial charge on any atom is 0.303 e. The largest absolute Gasteiger partial charge is 0.497 e. The van der Waals surface area contributed by atoms with Gasteiger partial charge in [0.25, 0.3) is 0 Å². The highest BCUT2D eigenvalue weighted by Crippen LogP contribution is 2.37. The predicted octanol–water partition coefficient (Wildman–Crippen LogP) is 6.06. The summed E-state index contributed by atoms with van der Waals surface area (Å²) in [5, 5.41) is 9.76. The Labute approximate surface area is 222 Å². The maximum atomic E-state index is 15.5. The average Bonchev–Trinajstić information content (AvgIpc) is 2.90. The predicted molar refractivity (Wildman–Crippen MR) is 135 cm³/mol. The van der Waals surface area contributed by atoms with Crippen LogP contribution in [0, 0.1) is 46.9 Å². The van der Waals surface area contributed by atoms with Gasteiger partial charge in [-0.1, -0.05) is 11.8 Å². The molecule has 1 N–H and O–H groups in total. The highest BCUT2D eigenvalue weighted by Gasteiger charge is 2.31. The standard InChI is InChI=1S/C29H27F5N2O3/c1-39-21-5-7-26-22(14-21)28(25(33)15-35-26)23(31)6-4-17-8-10-36(16-19(17)12-27(37)38)9-2-3-18-11-20(30)13-24(32)29(18)34/h5,7,11,13-15,17,19,23H,4,6,8-10,12,16H2,1H3,(H,37,38)/t17?,19?,23-/m1/s1. The third-order valence-electron chi connectivity index (χ3n) is 7.10. The van der Waals surface area contributed by atoms with Gasteiger partial charge in [-0.25, -0.2) is 22.0 Å². The number of halogens is 5. The third-order valence-corrected chi connectivity index (χ3v) is 7.10. The van der Waals surface area contributed by atoms with Crippen LogP contribution in [0.2, 0.25) is 0 Å². The number of benzene rings is 2. The Balaban J connectivity index is 1.43. The van der Waals surface area contributed by atoms with Crippen molar-refractivity contribution in [3.05, 3.63) is 70.9 Å². The molecule has 1 saturated heterocycles. The molecule has 3 atom stereocenters. The number of carboxylic acid groups (broad SMARTS) is 1. The van der Waals surface area contributed by atoms with E-state index in [1.807, 2.05) is 4.90 Å². The molecule has 0 saturated carbocycles. The minimum atomic E-state index is -1.63. The molecule has 2 unspecified atom stereocenters. The number of piperidine rings is 1. The van der Waals surface area contributed by atoms with Gasteiger partial charge in [0.05, 0.1) is 30.9 Å². The van der Waals surface area contributed by atoms with E-state index in [0.717, 1.165) is 12.3 Å². The lowest BCUT2D eigenvalue weighted by atomic mass is 9.79. The van der Waals surface area contributed by atoms with Gasteiger partial charge < -0.3 is 9.84 Å². The van der Waals surface area contributed by atoms with Crippen LogP contribution >= 0.6 is 0 Å². The number of alkyl halides is 1. The number of hydrogen-bond donors (Lipinski definition) is 1. The Kier molecular flexibility index (Phi) is 9.02. The van der Waals surface area contributed by atoms with Crippen molar-refractivity contribution in [2.24, 2.45) is 11.8 Å². The summed E-state index contributed by atoms with van der Waals surface area (Å²) >= 11 is 0. The molecular formula is C29H27F5N2O3. The first-order chi connectivity index (χ1) is 18.7. The van der Waals surface area contributed by atoms with E-state index in [0.29, 0.717) is 48.6 Å². The molecule has 4 rings (SSSR count). The van der Waals surface area contributed by atoms with Crippen molar-refractivity contribution in [1.29, 1.82) is 0 Å². The summed E-state index contributed by atoms with van der Waals surface area (Å²) in [6.45, 7) is 1.02. The molecule has 39 heavy (non-hydrogen) atoms. The zero-order chi connectivity index (χ0) is 28.1. The van der Waals surface area contributed by atoms with Crippen LogP contribution in [-0.4, -0.2) is 47.7 Å². The van der Waals surface area contributed by atoms with Gasteiger partial charge in [-0.05, 0) is 61.9 Å². The fourth-order valence-corrected chi connectivity index (χ4v) is 5.15. The first kappa shape index (κ1) is 28.3. The van der Waals surface area contributed by atoms with Gasteiger partial charge in [0.1, 0.15) is 23.6 Å². The van der Waals surface area contributed by atoms with Gasteiger partial charge in [-0.2, -0.15) is 0 Å². The number of likely N-dealkylation sites (tertiary alicyclic amines) is 1.